The second-order valence-corrected chi connectivity index (χ2v) is 4.11. The highest BCUT2D eigenvalue weighted by atomic mass is 16.4. The first-order chi connectivity index (χ1) is 7.95. The van der Waals surface area contributed by atoms with Gasteiger partial charge in [-0.2, -0.15) is 0 Å². The number of carbonyl (C=O) groups excluding carboxylic acids is 2. The van der Waals surface area contributed by atoms with Crippen molar-refractivity contribution in [2.75, 3.05) is 7.05 Å². The molecule has 17 heavy (non-hydrogen) atoms. The molecule has 0 aromatic carbocycles. The van der Waals surface area contributed by atoms with Gasteiger partial charge in [-0.1, -0.05) is 0 Å². The lowest BCUT2D eigenvalue weighted by Crippen LogP contribution is -2.52. The predicted molar refractivity (Wildman–Crippen MR) is 59.3 cm³/mol. The van der Waals surface area contributed by atoms with E-state index in [2.05, 4.69) is 16.0 Å². The molecular weight excluding hydrogens is 226 g/mol. The van der Waals surface area contributed by atoms with Crippen molar-refractivity contribution >= 4 is 17.9 Å². The van der Waals surface area contributed by atoms with E-state index in [0.717, 1.165) is 12.8 Å². The van der Waals surface area contributed by atoms with E-state index in [-0.39, 0.29) is 5.92 Å². The van der Waals surface area contributed by atoms with Gasteiger partial charge in [0, 0.05) is 7.05 Å². The lowest BCUT2D eigenvalue weighted by Gasteiger charge is -2.18. The molecule has 7 heteroatoms. The summed E-state index contributed by atoms with van der Waals surface area (Å²) in [5.41, 5.74) is 0. The third kappa shape index (κ3) is 4.03. The molecule has 1 aliphatic rings. The summed E-state index contributed by atoms with van der Waals surface area (Å²) in [6, 6.07) is -2.06. The van der Waals surface area contributed by atoms with Crippen molar-refractivity contribution in [3.8, 4) is 0 Å². The summed E-state index contributed by atoms with van der Waals surface area (Å²) in [5.74, 6) is -1.42. The van der Waals surface area contributed by atoms with Crippen LogP contribution in [0.5, 0.6) is 0 Å². The van der Waals surface area contributed by atoms with Crippen molar-refractivity contribution in [3.63, 3.8) is 0 Å². The van der Waals surface area contributed by atoms with Crippen LogP contribution in [0.4, 0.5) is 4.79 Å². The third-order valence-corrected chi connectivity index (χ3v) is 2.65. The summed E-state index contributed by atoms with van der Waals surface area (Å²) in [7, 11) is 1.39. The summed E-state index contributed by atoms with van der Waals surface area (Å²) in [6.07, 6.45) is 1.71. The minimum Gasteiger partial charge on any atom is -0.480 e. The van der Waals surface area contributed by atoms with Crippen LogP contribution in [-0.4, -0.2) is 42.1 Å². The Hall–Kier alpha value is -1.63. The topological polar surface area (TPSA) is 108 Å². The Bertz CT molecular complexity index is 328. The van der Waals surface area contributed by atoms with Crippen LogP contribution in [0.1, 0.15) is 19.8 Å². The quantitative estimate of drug-likeness (QED) is 0.510. The van der Waals surface area contributed by atoms with E-state index in [1.807, 2.05) is 0 Å². The van der Waals surface area contributed by atoms with Crippen molar-refractivity contribution < 1.29 is 19.5 Å². The number of hydrogen-bond donors (Lipinski definition) is 4. The standard InChI is InChI=1S/C10H17N3O4/c1-5(8(14)13-10(17)11-2)12-7(9(15)16)6-3-4-6/h5-7,12H,3-4H2,1-2H3,(H,15,16)(H2,11,13,14,17). The van der Waals surface area contributed by atoms with Gasteiger partial charge in [0.2, 0.25) is 5.91 Å². The maximum absolute atomic E-state index is 11.5. The summed E-state index contributed by atoms with van der Waals surface area (Å²) >= 11 is 0. The van der Waals surface area contributed by atoms with E-state index in [1.165, 1.54) is 14.0 Å². The van der Waals surface area contributed by atoms with Gasteiger partial charge in [-0.25, -0.2) is 4.79 Å². The number of carbonyl (C=O) groups is 3. The summed E-state index contributed by atoms with van der Waals surface area (Å²) in [4.78, 5) is 33.3. The highest BCUT2D eigenvalue weighted by molar-refractivity contribution is 5.96. The normalized spacial score (nSPS) is 18.0. The Morgan fingerprint density at radius 3 is 2.29 bits per heavy atom. The molecule has 96 valence electrons. The van der Waals surface area contributed by atoms with Crippen molar-refractivity contribution in [2.45, 2.75) is 31.8 Å². The molecule has 7 nitrogen and oxygen atoms in total. The third-order valence-electron chi connectivity index (χ3n) is 2.65. The molecule has 0 heterocycles. The molecule has 0 radical (unpaired) electrons. The monoisotopic (exact) mass is 243 g/mol. The average Bonchev–Trinajstić information content (AvgIpc) is 3.08. The van der Waals surface area contributed by atoms with Crippen LogP contribution in [0.25, 0.3) is 0 Å². The minimum atomic E-state index is -0.966. The van der Waals surface area contributed by atoms with E-state index in [0.29, 0.717) is 0 Å². The smallest absolute Gasteiger partial charge is 0.321 e. The summed E-state index contributed by atoms with van der Waals surface area (Å²) in [5, 5.41) is 16.0. The van der Waals surface area contributed by atoms with Gasteiger partial charge in [-0.3, -0.25) is 20.2 Å². The minimum absolute atomic E-state index is 0.0859. The second kappa shape index (κ2) is 5.62. The Balaban J connectivity index is 2.46. The van der Waals surface area contributed by atoms with E-state index >= 15 is 0 Å². The van der Waals surface area contributed by atoms with Gasteiger partial charge in [-0.05, 0) is 25.7 Å². The van der Waals surface area contributed by atoms with Gasteiger partial charge >= 0.3 is 12.0 Å². The van der Waals surface area contributed by atoms with Gasteiger partial charge in [0.15, 0.2) is 0 Å². The van der Waals surface area contributed by atoms with E-state index in [4.69, 9.17) is 5.11 Å². The number of aliphatic carboxylic acids is 1. The molecule has 1 rings (SSSR count). The van der Waals surface area contributed by atoms with Gasteiger partial charge in [-0.15, -0.1) is 0 Å². The molecule has 1 fully saturated rings. The number of amides is 3. The Morgan fingerprint density at radius 2 is 1.88 bits per heavy atom. The molecule has 2 unspecified atom stereocenters. The summed E-state index contributed by atoms with van der Waals surface area (Å²) < 4.78 is 0. The average molecular weight is 243 g/mol. The molecule has 1 aliphatic carbocycles. The fourth-order valence-electron chi connectivity index (χ4n) is 1.47. The number of nitrogens with one attached hydrogen (secondary N) is 3. The highest BCUT2D eigenvalue weighted by Gasteiger charge is 2.37. The maximum atomic E-state index is 11.5. The molecule has 4 N–H and O–H groups in total. The van der Waals surface area contributed by atoms with E-state index in [1.54, 1.807) is 0 Å². The zero-order valence-corrected chi connectivity index (χ0v) is 9.82. The molecule has 0 aromatic heterocycles. The number of carboxylic acid groups (broad SMARTS) is 1. The van der Waals surface area contributed by atoms with Crippen molar-refractivity contribution in [3.05, 3.63) is 0 Å². The molecule has 0 aliphatic heterocycles. The van der Waals surface area contributed by atoms with Crippen LogP contribution in [0, 0.1) is 5.92 Å². The van der Waals surface area contributed by atoms with Crippen molar-refractivity contribution in [1.29, 1.82) is 0 Å². The Morgan fingerprint density at radius 1 is 1.29 bits per heavy atom. The number of urea groups is 1. The fraction of sp³-hybridized carbons (Fsp3) is 0.700. The van der Waals surface area contributed by atoms with Crippen LogP contribution >= 0.6 is 0 Å². The Kier molecular flexibility index (Phi) is 4.45. The van der Waals surface area contributed by atoms with E-state index < -0.39 is 30.0 Å². The van der Waals surface area contributed by atoms with Gasteiger partial charge in [0.25, 0.3) is 0 Å². The van der Waals surface area contributed by atoms with Crippen LogP contribution in [-0.2, 0) is 9.59 Å². The number of carboxylic acids is 1. The first kappa shape index (κ1) is 13.4. The number of imide groups is 1. The molecule has 3 amide bonds. The van der Waals surface area contributed by atoms with Gasteiger partial charge < -0.3 is 10.4 Å². The lowest BCUT2D eigenvalue weighted by molar-refractivity contribution is -0.140. The lowest BCUT2D eigenvalue weighted by atomic mass is 10.1. The largest absolute Gasteiger partial charge is 0.480 e. The SMILES string of the molecule is CNC(=O)NC(=O)C(C)NC(C(=O)O)C1CC1. The second-order valence-electron chi connectivity index (χ2n) is 4.11. The fourth-order valence-corrected chi connectivity index (χ4v) is 1.47. The van der Waals surface area contributed by atoms with Crippen LogP contribution in [0.3, 0.4) is 0 Å². The summed E-state index contributed by atoms with van der Waals surface area (Å²) in [6.45, 7) is 1.52. The van der Waals surface area contributed by atoms with Crippen LogP contribution in [0.15, 0.2) is 0 Å². The molecule has 1 saturated carbocycles. The van der Waals surface area contributed by atoms with E-state index in [9.17, 15) is 14.4 Å². The molecule has 0 aromatic rings. The van der Waals surface area contributed by atoms with Crippen LogP contribution < -0.4 is 16.0 Å². The Labute approximate surface area is 98.9 Å². The molecular formula is C10H17N3O4. The molecule has 0 spiro atoms. The number of rotatable bonds is 5. The zero-order valence-electron chi connectivity index (χ0n) is 9.82. The number of hydrogen-bond acceptors (Lipinski definition) is 4. The first-order valence-electron chi connectivity index (χ1n) is 5.47. The van der Waals surface area contributed by atoms with Crippen LogP contribution in [0.2, 0.25) is 0 Å². The zero-order chi connectivity index (χ0) is 13.0. The molecule has 0 bridgehead atoms. The van der Waals surface area contributed by atoms with Crippen molar-refractivity contribution in [2.24, 2.45) is 5.92 Å². The first-order valence-corrected chi connectivity index (χ1v) is 5.47. The van der Waals surface area contributed by atoms with Crippen molar-refractivity contribution in [1.82, 2.24) is 16.0 Å². The molecule has 0 saturated heterocycles. The molecule has 2 atom stereocenters. The van der Waals surface area contributed by atoms with Gasteiger partial charge in [0.05, 0.1) is 6.04 Å². The van der Waals surface area contributed by atoms with Gasteiger partial charge in [0.1, 0.15) is 6.04 Å². The maximum Gasteiger partial charge on any atom is 0.321 e. The predicted octanol–water partition coefficient (Wildman–Crippen LogP) is -0.717. The highest BCUT2D eigenvalue weighted by Crippen LogP contribution is 2.32.